The molecule has 0 bridgehead atoms. The average molecular weight is 374 g/mol. The van der Waals surface area contributed by atoms with Crippen LogP contribution in [-0.4, -0.2) is 24.2 Å². The Hall–Kier alpha value is -2.85. The molecule has 4 nitrogen and oxygen atoms in total. The Labute approximate surface area is 165 Å². The van der Waals surface area contributed by atoms with Crippen LogP contribution in [0.15, 0.2) is 54.7 Å². The van der Waals surface area contributed by atoms with Gasteiger partial charge in [-0.05, 0) is 60.2 Å². The van der Waals surface area contributed by atoms with E-state index in [0.717, 1.165) is 31.4 Å². The molecule has 1 atom stereocenters. The van der Waals surface area contributed by atoms with E-state index in [2.05, 4.69) is 70.3 Å². The predicted octanol–water partition coefficient (Wildman–Crippen LogP) is 4.18. The van der Waals surface area contributed by atoms with E-state index >= 15 is 0 Å². The van der Waals surface area contributed by atoms with Gasteiger partial charge in [0.25, 0.3) is 0 Å². The number of hydrogen-bond acceptors (Lipinski definition) is 3. The van der Waals surface area contributed by atoms with Gasteiger partial charge in [0, 0.05) is 36.3 Å². The zero-order valence-electron chi connectivity index (χ0n) is 16.4. The second-order valence-corrected chi connectivity index (χ2v) is 7.39. The first-order valence-corrected chi connectivity index (χ1v) is 9.81. The van der Waals surface area contributed by atoms with Crippen molar-refractivity contribution >= 4 is 22.9 Å². The first-order chi connectivity index (χ1) is 13.7. The number of aromatic nitrogens is 1. The fourth-order valence-electron chi connectivity index (χ4n) is 4.19. The zero-order valence-corrected chi connectivity index (χ0v) is 16.4. The number of rotatable bonds is 6. The van der Waals surface area contributed by atoms with Crippen molar-refractivity contribution < 1.29 is 9.53 Å². The molecule has 1 aliphatic carbocycles. The third-order valence-corrected chi connectivity index (χ3v) is 5.62. The number of para-hydroxylation sites is 1. The zero-order chi connectivity index (χ0) is 19.5. The molecule has 1 unspecified atom stereocenters. The van der Waals surface area contributed by atoms with Crippen LogP contribution >= 0.6 is 0 Å². The maximum absolute atomic E-state index is 11.3. The smallest absolute Gasteiger partial charge is 0.330 e. The first kappa shape index (κ1) is 18.5. The number of esters is 1. The highest BCUT2D eigenvalue weighted by Gasteiger charge is 2.21. The van der Waals surface area contributed by atoms with Crippen molar-refractivity contribution in [3.05, 3.63) is 77.0 Å². The van der Waals surface area contributed by atoms with Crippen molar-refractivity contribution in [3.8, 4) is 0 Å². The lowest BCUT2D eigenvalue weighted by Gasteiger charge is -2.14. The molecule has 0 spiro atoms. The normalized spacial score (nSPS) is 16.0. The molecular formula is C24H26N2O2. The van der Waals surface area contributed by atoms with Gasteiger partial charge in [-0.3, -0.25) is 0 Å². The average Bonchev–Trinajstić information content (AvgIpc) is 3.27. The molecule has 4 rings (SSSR count). The quantitative estimate of drug-likeness (QED) is 0.520. The summed E-state index contributed by atoms with van der Waals surface area (Å²) in [5.41, 5.74) is 6.48. The number of nitrogens with zero attached hydrogens (tertiary/aromatic N) is 1. The van der Waals surface area contributed by atoms with E-state index < -0.39 is 0 Å². The maximum atomic E-state index is 11.3. The Bertz CT molecular complexity index is 1030. The number of carbonyl (C=O) groups is 1. The highest BCUT2D eigenvalue weighted by Crippen LogP contribution is 2.32. The molecule has 144 valence electrons. The van der Waals surface area contributed by atoms with E-state index in [0.29, 0.717) is 6.04 Å². The van der Waals surface area contributed by atoms with Gasteiger partial charge in [0.15, 0.2) is 0 Å². The van der Waals surface area contributed by atoms with E-state index in [9.17, 15) is 4.79 Å². The summed E-state index contributed by atoms with van der Waals surface area (Å²) < 4.78 is 6.86. The molecule has 0 aliphatic heterocycles. The molecule has 0 saturated carbocycles. The van der Waals surface area contributed by atoms with E-state index in [1.807, 2.05) is 6.08 Å². The summed E-state index contributed by atoms with van der Waals surface area (Å²) in [7, 11) is 3.50. The topological polar surface area (TPSA) is 43.3 Å². The summed E-state index contributed by atoms with van der Waals surface area (Å²) in [6.07, 6.45) is 8.74. The van der Waals surface area contributed by atoms with E-state index in [1.165, 1.54) is 40.8 Å². The van der Waals surface area contributed by atoms with Crippen molar-refractivity contribution in [3.63, 3.8) is 0 Å². The lowest BCUT2D eigenvalue weighted by atomic mass is 10.0. The standard InChI is InChI=1S/C24H26N2O2/c1-26-16-19(21-5-3-4-6-23(21)26)13-14-25-22-11-9-18-15-17(7-10-20(18)22)8-12-24(27)28-2/h3-8,10,12,15-16,22,25H,9,11,13-14H2,1-2H3. The van der Waals surface area contributed by atoms with Crippen LogP contribution in [-0.2, 0) is 29.4 Å². The van der Waals surface area contributed by atoms with Gasteiger partial charge in [-0.1, -0.05) is 36.4 Å². The van der Waals surface area contributed by atoms with Crippen molar-refractivity contribution in [2.45, 2.75) is 25.3 Å². The van der Waals surface area contributed by atoms with Crippen molar-refractivity contribution in [2.24, 2.45) is 7.05 Å². The molecule has 28 heavy (non-hydrogen) atoms. The van der Waals surface area contributed by atoms with Gasteiger partial charge < -0.3 is 14.6 Å². The molecule has 1 heterocycles. The summed E-state index contributed by atoms with van der Waals surface area (Å²) in [4.78, 5) is 11.3. The van der Waals surface area contributed by atoms with Gasteiger partial charge in [-0.25, -0.2) is 4.79 Å². The monoisotopic (exact) mass is 374 g/mol. The number of aryl methyl sites for hydroxylation is 2. The molecule has 4 heteroatoms. The van der Waals surface area contributed by atoms with E-state index in [4.69, 9.17) is 0 Å². The molecule has 3 aromatic rings. The number of nitrogens with one attached hydrogen (secondary N) is 1. The number of benzene rings is 2. The van der Waals surface area contributed by atoms with Crippen LogP contribution in [0.4, 0.5) is 0 Å². The maximum Gasteiger partial charge on any atom is 0.330 e. The fourth-order valence-corrected chi connectivity index (χ4v) is 4.19. The van der Waals surface area contributed by atoms with Crippen molar-refractivity contribution in [1.82, 2.24) is 9.88 Å². The summed E-state index contributed by atoms with van der Waals surface area (Å²) >= 11 is 0. The highest BCUT2D eigenvalue weighted by molar-refractivity contribution is 5.87. The van der Waals surface area contributed by atoms with Gasteiger partial charge >= 0.3 is 5.97 Å². The van der Waals surface area contributed by atoms with Crippen LogP contribution in [0.2, 0.25) is 0 Å². The Balaban J connectivity index is 1.40. The summed E-state index contributed by atoms with van der Waals surface area (Å²) in [5.74, 6) is -0.325. The van der Waals surface area contributed by atoms with Gasteiger partial charge in [0.05, 0.1) is 7.11 Å². The van der Waals surface area contributed by atoms with Crippen LogP contribution in [0.1, 0.15) is 34.7 Å². The van der Waals surface area contributed by atoms with E-state index in [-0.39, 0.29) is 5.97 Å². The van der Waals surface area contributed by atoms with Crippen LogP contribution < -0.4 is 5.32 Å². The van der Waals surface area contributed by atoms with Crippen LogP contribution in [0, 0.1) is 0 Å². The molecule has 2 aromatic carbocycles. The predicted molar refractivity (Wildman–Crippen MR) is 113 cm³/mol. The highest BCUT2D eigenvalue weighted by atomic mass is 16.5. The Morgan fingerprint density at radius 2 is 2.14 bits per heavy atom. The Morgan fingerprint density at radius 3 is 3.00 bits per heavy atom. The SMILES string of the molecule is COC(=O)C=Cc1ccc2c(c1)CCC2NCCc1cn(C)c2ccccc12. The molecule has 1 aliphatic rings. The summed E-state index contributed by atoms with van der Waals surface area (Å²) in [6, 6.07) is 15.4. The second-order valence-electron chi connectivity index (χ2n) is 7.39. The molecular weight excluding hydrogens is 348 g/mol. The van der Waals surface area contributed by atoms with E-state index in [1.54, 1.807) is 0 Å². The number of methoxy groups -OCH3 is 1. The minimum absolute atomic E-state index is 0.325. The third-order valence-electron chi connectivity index (χ3n) is 5.62. The lowest BCUT2D eigenvalue weighted by molar-refractivity contribution is -0.134. The molecule has 0 fully saturated rings. The summed E-state index contributed by atoms with van der Waals surface area (Å²) in [6.45, 7) is 0.960. The Kier molecular flexibility index (Phi) is 5.31. The molecule has 1 N–H and O–H groups in total. The minimum atomic E-state index is -0.325. The van der Waals surface area contributed by atoms with Gasteiger partial charge in [0.1, 0.15) is 0 Å². The van der Waals surface area contributed by atoms with Crippen molar-refractivity contribution in [2.75, 3.05) is 13.7 Å². The van der Waals surface area contributed by atoms with Crippen LogP contribution in [0.25, 0.3) is 17.0 Å². The molecule has 0 radical (unpaired) electrons. The largest absolute Gasteiger partial charge is 0.466 e. The molecule has 0 saturated heterocycles. The van der Waals surface area contributed by atoms with Gasteiger partial charge in [-0.15, -0.1) is 0 Å². The molecule has 1 aromatic heterocycles. The number of carbonyl (C=O) groups excluding carboxylic acids is 1. The fraction of sp³-hybridized carbons (Fsp3) is 0.292. The lowest BCUT2D eigenvalue weighted by Crippen LogP contribution is -2.21. The minimum Gasteiger partial charge on any atom is -0.466 e. The van der Waals surface area contributed by atoms with Crippen molar-refractivity contribution in [1.29, 1.82) is 0 Å². The number of fused-ring (bicyclic) bond motifs is 2. The van der Waals surface area contributed by atoms with Crippen LogP contribution in [0.5, 0.6) is 0 Å². The second kappa shape index (κ2) is 8.03. The number of ether oxygens (including phenoxy) is 1. The van der Waals surface area contributed by atoms with Gasteiger partial charge in [0.2, 0.25) is 0 Å². The first-order valence-electron chi connectivity index (χ1n) is 9.81. The Morgan fingerprint density at radius 1 is 1.29 bits per heavy atom. The van der Waals surface area contributed by atoms with Crippen LogP contribution in [0.3, 0.4) is 0 Å². The summed E-state index contributed by atoms with van der Waals surface area (Å²) in [5, 5.41) is 5.09. The van der Waals surface area contributed by atoms with Gasteiger partial charge in [-0.2, -0.15) is 0 Å². The third kappa shape index (κ3) is 3.73. The number of hydrogen-bond donors (Lipinski definition) is 1. The molecule has 0 amide bonds.